The number of hydrogen-bond donors (Lipinski definition) is 0. The van der Waals surface area contributed by atoms with Gasteiger partial charge in [-0.3, -0.25) is 4.79 Å². The van der Waals surface area contributed by atoms with Gasteiger partial charge < -0.3 is 4.42 Å². The molecule has 88 valence electrons. The number of halogens is 2. The fourth-order valence-corrected chi connectivity index (χ4v) is 2.07. The molecule has 0 aliphatic heterocycles. The third-order valence-electron chi connectivity index (χ3n) is 2.11. The Morgan fingerprint density at radius 2 is 1.94 bits per heavy atom. The molecule has 1 aromatic heterocycles. The van der Waals surface area contributed by atoms with E-state index in [1.165, 1.54) is 6.07 Å². The van der Waals surface area contributed by atoms with E-state index >= 15 is 0 Å². The van der Waals surface area contributed by atoms with Gasteiger partial charge in [0, 0.05) is 10.5 Å². The Bertz CT molecular complexity index is 523. The molecule has 1 aromatic carbocycles. The highest BCUT2D eigenvalue weighted by Crippen LogP contribution is 2.35. The molecule has 0 saturated heterocycles. The lowest BCUT2D eigenvalue weighted by Gasteiger charge is -2.05. The topological polar surface area (TPSA) is 30.2 Å². The largest absolute Gasteiger partial charge is 0.453 e. The van der Waals surface area contributed by atoms with Crippen LogP contribution in [0.2, 0.25) is 0 Å². The van der Waals surface area contributed by atoms with Crippen LogP contribution in [0.5, 0.6) is 0 Å². The Labute approximate surface area is 101 Å². The molecule has 17 heavy (non-hydrogen) atoms. The van der Waals surface area contributed by atoms with Crippen LogP contribution in [-0.4, -0.2) is 12.0 Å². The normalized spacial score (nSPS) is 10.8. The average Bonchev–Trinajstić information content (AvgIpc) is 2.77. The van der Waals surface area contributed by atoms with Crippen LogP contribution in [0.4, 0.5) is 8.78 Å². The molecule has 1 heterocycles. The van der Waals surface area contributed by atoms with Crippen LogP contribution in [0.15, 0.2) is 45.7 Å². The van der Waals surface area contributed by atoms with Crippen LogP contribution in [0.3, 0.4) is 0 Å². The molecule has 0 aliphatic carbocycles. The maximum atomic E-state index is 12.4. The molecule has 0 unspecified atom stereocenters. The quantitative estimate of drug-likeness (QED) is 0.608. The number of hydrogen-bond acceptors (Lipinski definition) is 3. The summed E-state index contributed by atoms with van der Waals surface area (Å²) in [6.07, 6.45) is 0.576. The third-order valence-corrected chi connectivity index (χ3v) is 2.90. The van der Waals surface area contributed by atoms with Crippen molar-refractivity contribution >= 4 is 18.0 Å². The van der Waals surface area contributed by atoms with Gasteiger partial charge in [-0.05, 0) is 18.2 Å². The number of alkyl halides is 2. The second-order valence-corrected chi connectivity index (χ2v) is 4.23. The lowest BCUT2D eigenvalue weighted by Crippen LogP contribution is -1.85. The summed E-state index contributed by atoms with van der Waals surface area (Å²) < 4.78 is 29.9. The lowest BCUT2D eigenvalue weighted by atomic mass is 10.2. The molecule has 2 rings (SSSR count). The first-order valence-corrected chi connectivity index (χ1v) is 5.68. The molecule has 0 atom stereocenters. The summed E-state index contributed by atoms with van der Waals surface area (Å²) in [6, 6.07) is 9.78. The molecule has 0 bridgehead atoms. The second kappa shape index (κ2) is 5.14. The molecular formula is C12H8F2O2S. The van der Waals surface area contributed by atoms with Gasteiger partial charge in [0.05, 0.1) is 0 Å². The molecule has 2 nitrogen and oxygen atoms in total. The van der Waals surface area contributed by atoms with Crippen LogP contribution < -0.4 is 0 Å². The van der Waals surface area contributed by atoms with E-state index in [0.29, 0.717) is 34.3 Å². The number of rotatable bonds is 4. The molecule has 0 fully saturated rings. The number of benzene rings is 1. The minimum Gasteiger partial charge on any atom is -0.453 e. The van der Waals surface area contributed by atoms with Crippen LogP contribution in [0, 0.1) is 0 Å². The third kappa shape index (κ3) is 2.74. The fourth-order valence-electron chi connectivity index (χ4n) is 1.43. The smallest absolute Gasteiger partial charge is 0.288 e. The summed E-state index contributed by atoms with van der Waals surface area (Å²) in [5, 5.41) is 0. The van der Waals surface area contributed by atoms with E-state index in [1.54, 1.807) is 30.3 Å². The first-order chi connectivity index (χ1) is 8.20. The van der Waals surface area contributed by atoms with E-state index in [-0.39, 0.29) is 5.76 Å². The Hall–Kier alpha value is -1.62. The van der Waals surface area contributed by atoms with Crippen molar-refractivity contribution in [2.24, 2.45) is 0 Å². The van der Waals surface area contributed by atoms with E-state index in [4.69, 9.17) is 4.42 Å². The van der Waals surface area contributed by atoms with Crippen molar-refractivity contribution in [1.29, 1.82) is 0 Å². The summed E-state index contributed by atoms with van der Waals surface area (Å²) >= 11 is 0.455. The predicted molar refractivity (Wildman–Crippen MR) is 61.4 cm³/mol. The standard InChI is InChI=1S/C12H8F2O2S/c13-12(14)17-11-4-2-1-3-9(11)10-6-5-8(7-15)16-10/h1-7,12H. The Kier molecular flexibility index (Phi) is 3.58. The molecule has 0 spiro atoms. The van der Waals surface area contributed by atoms with Crippen molar-refractivity contribution in [2.75, 3.05) is 0 Å². The summed E-state index contributed by atoms with van der Waals surface area (Å²) in [6.45, 7) is 0. The fraction of sp³-hybridized carbons (Fsp3) is 0.0833. The number of carbonyl (C=O) groups is 1. The highest BCUT2D eigenvalue weighted by atomic mass is 32.2. The molecular weight excluding hydrogens is 246 g/mol. The second-order valence-electron chi connectivity index (χ2n) is 3.19. The van der Waals surface area contributed by atoms with E-state index in [9.17, 15) is 13.6 Å². The average molecular weight is 254 g/mol. The van der Waals surface area contributed by atoms with Gasteiger partial charge in [0.15, 0.2) is 12.0 Å². The maximum Gasteiger partial charge on any atom is 0.288 e. The summed E-state index contributed by atoms with van der Waals surface area (Å²) in [5.41, 5.74) is 0.561. The van der Waals surface area contributed by atoms with Crippen LogP contribution >= 0.6 is 11.8 Å². The minimum absolute atomic E-state index is 0.178. The Balaban J connectivity index is 2.40. The van der Waals surface area contributed by atoms with Crippen molar-refractivity contribution in [3.05, 3.63) is 42.2 Å². The molecule has 0 amide bonds. The monoisotopic (exact) mass is 254 g/mol. The lowest BCUT2D eigenvalue weighted by molar-refractivity contribution is 0.110. The molecule has 2 aromatic rings. The van der Waals surface area contributed by atoms with E-state index in [2.05, 4.69) is 0 Å². The first kappa shape index (κ1) is 11.9. The van der Waals surface area contributed by atoms with Crippen LogP contribution in [0.1, 0.15) is 10.6 Å². The zero-order chi connectivity index (χ0) is 12.3. The van der Waals surface area contributed by atoms with E-state index in [0.717, 1.165) is 0 Å². The van der Waals surface area contributed by atoms with E-state index < -0.39 is 5.76 Å². The maximum absolute atomic E-state index is 12.4. The van der Waals surface area contributed by atoms with E-state index in [1.807, 2.05) is 0 Å². The van der Waals surface area contributed by atoms with Gasteiger partial charge in [-0.2, -0.15) is 8.78 Å². The minimum atomic E-state index is -2.49. The summed E-state index contributed by atoms with van der Waals surface area (Å²) in [4.78, 5) is 10.9. The summed E-state index contributed by atoms with van der Waals surface area (Å²) in [5.74, 6) is -1.90. The van der Waals surface area contributed by atoms with Crippen molar-refractivity contribution in [2.45, 2.75) is 10.7 Å². The van der Waals surface area contributed by atoms with Gasteiger partial charge in [-0.1, -0.05) is 30.0 Å². The highest BCUT2D eigenvalue weighted by molar-refractivity contribution is 7.99. The van der Waals surface area contributed by atoms with Crippen molar-refractivity contribution < 1.29 is 18.0 Å². The zero-order valence-electron chi connectivity index (χ0n) is 8.60. The number of aldehydes is 1. The van der Waals surface area contributed by atoms with Crippen molar-refractivity contribution in [1.82, 2.24) is 0 Å². The molecule has 0 N–H and O–H groups in total. The molecule has 5 heteroatoms. The van der Waals surface area contributed by atoms with Crippen molar-refractivity contribution in [3.8, 4) is 11.3 Å². The number of carbonyl (C=O) groups excluding carboxylic acids is 1. The van der Waals surface area contributed by atoms with Gasteiger partial charge in [-0.15, -0.1) is 0 Å². The molecule has 0 aliphatic rings. The Morgan fingerprint density at radius 3 is 2.59 bits per heavy atom. The number of thioether (sulfide) groups is 1. The van der Waals surface area contributed by atoms with Crippen molar-refractivity contribution in [3.63, 3.8) is 0 Å². The molecule has 0 saturated carbocycles. The Morgan fingerprint density at radius 1 is 1.18 bits per heavy atom. The van der Waals surface area contributed by atoms with Gasteiger partial charge in [0.2, 0.25) is 0 Å². The van der Waals surface area contributed by atoms with Crippen LogP contribution in [-0.2, 0) is 0 Å². The molecule has 0 radical (unpaired) electrons. The summed E-state index contributed by atoms with van der Waals surface area (Å²) in [7, 11) is 0. The van der Waals surface area contributed by atoms with Gasteiger partial charge in [-0.25, -0.2) is 0 Å². The SMILES string of the molecule is O=Cc1ccc(-c2ccccc2SC(F)F)o1. The first-order valence-electron chi connectivity index (χ1n) is 4.80. The van der Waals surface area contributed by atoms with Gasteiger partial charge in [0.25, 0.3) is 5.76 Å². The highest BCUT2D eigenvalue weighted by Gasteiger charge is 2.13. The van der Waals surface area contributed by atoms with Gasteiger partial charge in [0.1, 0.15) is 5.76 Å². The predicted octanol–water partition coefficient (Wildman–Crippen LogP) is 4.07. The van der Waals surface area contributed by atoms with Gasteiger partial charge >= 0.3 is 0 Å². The van der Waals surface area contributed by atoms with Crippen LogP contribution in [0.25, 0.3) is 11.3 Å². The number of furan rings is 1. The zero-order valence-corrected chi connectivity index (χ0v) is 9.42.